The first-order valence-electron chi connectivity index (χ1n) is 14.1. The molecule has 12 heteroatoms. The van der Waals surface area contributed by atoms with Gasteiger partial charge in [-0.25, -0.2) is 13.2 Å². The molecule has 220 valence electrons. The Balaban J connectivity index is 1.53. The Kier molecular flexibility index (Phi) is 8.41. The number of hydrogen-bond acceptors (Lipinski definition) is 8. The smallest absolute Gasteiger partial charge is 0.407 e. The standard InChI is InChI=1S/C27H44N4O7S/c1-25(2,3)38-24(35)28-19-11-9-7-5-6-8-10-18-15-27(18,23(34)30-39(36,37)26(4)12-13-26)29-22(33)21-14-20(32)17-31(21)16-19/h8,10,18-21,32H,5-7,9,11-17H2,1-4H3,(H,28,35)(H,29,33)(H,30,34)/b10-8-/t18-,19-,20+,21-,27+/m0/s1. The van der Waals surface area contributed by atoms with E-state index in [9.17, 15) is 27.9 Å². The van der Waals surface area contributed by atoms with Crippen molar-refractivity contribution in [1.29, 1.82) is 0 Å². The van der Waals surface area contributed by atoms with Crippen LogP contribution in [0.5, 0.6) is 0 Å². The monoisotopic (exact) mass is 568 g/mol. The number of carbonyl (C=O) groups is 3. The number of rotatable bonds is 4. The minimum atomic E-state index is -3.87. The minimum Gasteiger partial charge on any atom is -0.444 e. The summed E-state index contributed by atoms with van der Waals surface area (Å²) in [5, 5.41) is 16.3. The largest absolute Gasteiger partial charge is 0.444 e. The first kappa shape index (κ1) is 29.8. The van der Waals surface area contributed by atoms with Gasteiger partial charge in [-0.3, -0.25) is 19.2 Å². The minimum absolute atomic E-state index is 0.180. The highest BCUT2D eigenvalue weighted by atomic mass is 32.2. The van der Waals surface area contributed by atoms with Gasteiger partial charge in [-0.1, -0.05) is 25.0 Å². The van der Waals surface area contributed by atoms with Gasteiger partial charge in [-0.05, 0) is 72.6 Å². The van der Waals surface area contributed by atoms with Crippen LogP contribution < -0.4 is 15.4 Å². The lowest BCUT2D eigenvalue weighted by atomic mass is 10.1. The van der Waals surface area contributed by atoms with Crippen LogP contribution in [-0.4, -0.2) is 83.5 Å². The lowest BCUT2D eigenvalue weighted by Crippen LogP contribution is -2.57. The van der Waals surface area contributed by atoms with Crippen LogP contribution in [0.2, 0.25) is 0 Å². The van der Waals surface area contributed by atoms with Crippen molar-refractivity contribution in [2.75, 3.05) is 13.1 Å². The van der Waals surface area contributed by atoms with Gasteiger partial charge in [-0.15, -0.1) is 0 Å². The lowest BCUT2D eigenvalue weighted by Gasteiger charge is -2.30. The second-order valence-corrected chi connectivity index (χ2v) is 15.1. The Morgan fingerprint density at radius 1 is 1.18 bits per heavy atom. The van der Waals surface area contributed by atoms with Gasteiger partial charge in [0.05, 0.1) is 16.9 Å². The Hall–Kier alpha value is -2.18. The summed E-state index contributed by atoms with van der Waals surface area (Å²) >= 11 is 0. The fraction of sp³-hybridized carbons (Fsp3) is 0.815. The van der Waals surface area contributed by atoms with Crippen molar-refractivity contribution in [3.8, 4) is 0 Å². The van der Waals surface area contributed by atoms with E-state index in [4.69, 9.17) is 4.74 Å². The molecule has 0 bridgehead atoms. The highest BCUT2D eigenvalue weighted by Crippen LogP contribution is 2.47. The molecular formula is C27H44N4O7S. The van der Waals surface area contributed by atoms with E-state index in [0.717, 1.165) is 25.7 Å². The third-order valence-corrected chi connectivity index (χ3v) is 10.4. The van der Waals surface area contributed by atoms with Gasteiger partial charge in [0.1, 0.15) is 11.1 Å². The van der Waals surface area contributed by atoms with Crippen molar-refractivity contribution in [3.05, 3.63) is 12.2 Å². The maximum Gasteiger partial charge on any atom is 0.407 e. The predicted octanol–water partition coefficient (Wildman–Crippen LogP) is 1.71. The fourth-order valence-electron chi connectivity index (χ4n) is 5.48. The van der Waals surface area contributed by atoms with Crippen LogP contribution in [0.1, 0.15) is 85.5 Å². The number of sulfonamides is 1. The van der Waals surface area contributed by atoms with Crippen LogP contribution >= 0.6 is 0 Å². The normalized spacial score (nSPS) is 34.2. The third-order valence-electron chi connectivity index (χ3n) is 8.25. The molecule has 0 aromatic carbocycles. The molecule has 39 heavy (non-hydrogen) atoms. The molecule has 4 aliphatic rings. The average Bonchev–Trinajstić information content (AvgIpc) is 3.68. The summed E-state index contributed by atoms with van der Waals surface area (Å²) in [7, 11) is -3.87. The van der Waals surface area contributed by atoms with Gasteiger partial charge in [-0.2, -0.15) is 0 Å². The predicted molar refractivity (Wildman–Crippen MR) is 145 cm³/mol. The molecule has 3 amide bonds. The van der Waals surface area contributed by atoms with Crippen LogP contribution in [0.25, 0.3) is 0 Å². The molecule has 0 aromatic heterocycles. The maximum atomic E-state index is 13.6. The number of nitrogens with zero attached hydrogens (tertiary/aromatic N) is 1. The van der Waals surface area contributed by atoms with Crippen molar-refractivity contribution < 1.29 is 32.6 Å². The van der Waals surface area contributed by atoms with E-state index in [2.05, 4.69) is 15.4 Å². The van der Waals surface area contributed by atoms with E-state index in [1.165, 1.54) is 0 Å². The summed E-state index contributed by atoms with van der Waals surface area (Å²) in [5.74, 6) is -1.45. The fourth-order valence-corrected chi connectivity index (χ4v) is 6.79. The number of allylic oxidation sites excluding steroid dienone is 1. The summed E-state index contributed by atoms with van der Waals surface area (Å²) in [6.07, 6.45) is 8.31. The quantitative estimate of drug-likeness (QED) is 0.374. The highest BCUT2D eigenvalue weighted by Gasteiger charge is 2.62. The number of fused-ring (bicyclic) bond motifs is 2. The van der Waals surface area contributed by atoms with Gasteiger partial charge in [0.15, 0.2) is 0 Å². The molecule has 5 atom stereocenters. The maximum absolute atomic E-state index is 13.6. The Bertz CT molecular complexity index is 1100. The van der Waals surface area contributed by atoms with Gasteiger partial charge >= 0.3 is 6.09 Å². The van der Waals surface area contributed by atoms with E-state index in [1.54, 1.807) is 27.7 Å². The SMILES string of the molecule is CC(C)(C)OC(=O)N[C@H]1CCCCC/C=C\[C@H]2C[C@@]2(C(=O)NS(=O)(=O)C2(C)CC2)NC(=O)[C@@H]2C[C@@H](O)CN2C1. The first-order valence-corrected chi connectivity index (χ1v) is 15.6. The molecular weight excluding hydrogens is 524 g/mol. The number of amides is 3. The molecule has 2 saturated carbocycles. The second kappa shape index (κ2) is 11.0. The summed E-state index contributed by atoms with van der Waals surface area (Å²) in [4.78, 5) is 41.3. The molecule has 1 saturated heterocycles. The highest BCUT2D eigenvalue weighted by molar-refractivity contribution is 7.91. The molecule has 0 unspecified atom stereocenters. The molecule has 0 radical (unpaired) electrons. The van der Waals surface area contributed by atoms with Crippen LogP contribution in [-0.2, 0) is 24.3 Å². The number of nitrogens with one attached hydrogen (secondary N) is 3. The number of ether oxygens (including phenoxy) is 1. The first-order chi connectivity index (χ1) is 18.1. The second-order valence-electron chi connectivity index (χ2n) is 12.9. The van der Waals surface area contributed by atoms with E-state index >= 15 is 0 Å². The van der Waals surface area contributed by atoms with Crippen molar-refractivity contribution in [1.82, 2.24) is 20.3 Å². The van der Waals surface area contributed by atoms with E-state index in [-0.39, 0.29) is 24.9 Å². The van der Waals surface area contributed by atoms with Gasteiger partial charge in [0.25, 0.3) is 5.91 Å². The summed E-state index contributed by atoms with van der Waals surface area (Å²) in [6, 6.07) is -1.02. The molecule has 11 nitrogen and oxygen atoms in total. The van der Waals surface area contributed by atoms with Gasteiger partial charge in [0, 0.05) is 25.0 Å². The molecule has 3 fully saturated rings. The molecule has 4 rings (SSSR count). The van der Waals surface area contributed by atoms with E-state index in [0.29, 0.717) is 32.2 Å². The summed E-state index contributed by atoms with van der Waals surface area (Å²) in [6.45, 7) is 7.57. The molecule has 0 spiro atoms. The number of aliphatic hydroxyl groups is 1. The molecule has 2 aliphatic heterocycles. The van der Waals surface area contributed by atoms with Crippen LogP contribution in [0.3, 0.4) is 0 Å². The van der Waals surface area contributed by atoms with E-state index < -0.39 is 56.0 Å². The summed E-state index contributed by atoms with van der Waals surface area (Å²) in [5.41, 5.74) is -2.00. The van der Waals surface area contributed by atoms with Crippen molar-refractivity contribution in [2.45, 2.75) is 120 Å². The van der Waals surface area contributed by atoms with Gasteiger partial charge in [0.2, 0.25) is 15.9 Å². The third kappa shape index (κ3) is 7.13. The molecule has 4 N–H and O–H groups in total. The number of alkyl carbamates (subject to hydrolysis) is 1. The topological polar surface area (TPSA) is 154 Å². The van der Waals surface area contributed by atoms with E-state index in [1.807, 2.05) is 17.1 Å². The lowest BCUT2D eigenvalue weighted by molar-refractivity contribution is -0.132. The number of hydrogen-bond donors (Lipinski definition) is 4. The zero-order valence-electron chi connectivity index (χ0n) is 23.5. The van der Waals surface area contributed by atoms with Crippen molar-refractivity contribution in [3.63, 3.8) is 0 Å². The van der Waals surface area contributed by atoms with Crippen molar-refractivity contribution >= 4 is 27.9 Å². The molecule has 2 heterocycles. The van der Waals surface area contributed by atoms with Crippen LogP contribution in [0.15, 0.2) is 12.2 Å². The summed E-state index contributed by atoms with van der Waals surface area (Å²) < 4.78 is 32.3. The molecule has 0 aromatic rings. The Morgan fingerprint density at radius 2 is 1.90 bits per heavy atom. The number of carbonyl (C=O) groups excluding carboxylic acids is 3. The van der Waals surface area contributed by atoms with Crippen LogP contribution in [0.4, 0.5) is 4.79 Å². The van der Waals surface area contributed by atoms with Crippen LogP contribution in [0, 0.1) is 5.92 Å². The zero-order valence-corrected chi connectivity index (χ0v) is 24.3. The van der Waals surface area contributed by atoms with Gasteiger partial charge < -0.3 is 20.5 Å². The number of aliphatic hydroxyl groups excluding tert-OH is 1. The Labute approximate surface area is 231 Å². The average molecular weight is 569 g/mol. The molecule has 2 aliphatic carbocycles. The Morgan fingerprint density at radius 3 is 2.56 bits per heavy atom. The van der Waals surface area contributed by atoms with Crippen molar-refractivity contribution in [2.24, 2.45) is 5.92 Å². The zero-order chi connectivity index (χ0) is 28.6.